The number of aromatic hydroxyl groups is 2. The third kappa shape index (κ3) is 0.802. The summed E-state index contributed by atoms with van der Waals surface area (Å²) in [7, 11) is 1.20. The molecule has 0 saturated heterocycles. The van der Waals surface area contributed by atoms with Crippen LogP contribution in [-0.2, 0) is 0 Å². The number of hydrogen-bond donors (Lipinski definition) is 3. The molecule has 0 amide bonds. The lowest BCUT2D eigenvalue weighted by molar-refractivity contribution is 0.128. The van der Waals surface area contributed by atoms with Crippen LogP contribution >= 0.6 is 0 Å². The van der Waals surface area contributed by atoms with Crippen LogP contribution in [0.3, 0.4) is 0 Å². The van der Waals surface area contributed by atoms with E-state index in [2.05, 4.69) is 4.74 Å². The molecule has 0 aliphatic carbocycles. The van der Waals surface area contributed by atoms with Crippen LogP contribution in [0.2, 0.25) is 0 Å². The Morgan fingerprint density at radius 3 is 2.33 bits per heavy atom. The van der Waals surface area contributed by atoms with Crippen molar-refractivity contribution in [2.75, 3.05) is 7.11 Å². The number of ether oxygens (including phenoxy) is 1. The van der Waals surface area contributed by atoms with E-state index in [0.717, 1.165) is 0 Å². The first-order valence-electron chi connectivity index (χ1n) is 2.93. The summed E-state index contributed by atoms with van der Waals surface area (Å²) >= 11 is 0. The Labute approximate surface area is 67.4 Å². The summed E-state index contributed by atoms with van der Waals surface area (Å²) in [5, 5.41) is 35.3. The quantitative estimate of drug-likeness (QED) is 0.516. The van der Waals surface area contributed by atoms with E-state index in [4.69, 9.17) is 20.7 Å². The van der Waals surface area contributed by atoms with E-state index < -0.39 is 11.8 Å². The Morgan fingerprint density at radius 1 is 1.42 bits per heavy atom. The van der Waals surface area contributed by atoms with Crippen LogP contribution in [0.1, 0.15) is 5.56 Å². The molecule has 0 unspecified atom stereocenters. The van der Waals surface area contributed by atoms with Gasteiger partial charge in [0, 0.05) is 0 Å². The minimum Gasteiger partial charge on any atom is -0.491 e. The van der Waals surface area contributed by atoms with E-state index in [9.17, 15) is 0 Å². The van der Waals surface area contributed by atoms with Crippen LogP contribution in [0, 0.1) is 11.3 Å². The highest BCUT2D eigenvalue weighted by atomic mass is 16.5. The molecule has 64 valence electrons. The van der Waals surface area contributed by atoms with Gasteiger partial charge in [0.2, 0.25) is 5.75 Å². The SMILES string of the molecule is COc1c(C#N)c(O)n(O)c1O. The maximum absolute atomic E-state index is 9.01. The van der Waals surface area contributed by atoms with E-state index >= 15 is 0 Å². The standard InChI is InChI=1S/C6H6N2O4/c1-12-4-3(2-7)5(9)8(11)6(4)10/h9-11H,1H3. The Morgan fingerprint density at radius 2 is 2.00 bits per heavy atom. The number of methoxy groups -OCH3 is 1. The van der Waals surface area contributed by atoms with Crippen molar-refractivity contribution in [2.24, 2.45) is 0 Å². The van der Waals surface area contributed by atoms with Gasteiger partial charge in [0.05, 0.1) is 7.11 Å². The zero-order chi connectivity index (χ0) is 9.30. The molecule has 0 aliphatic rings. The first kappa shape index (κ1) is 8.07. The molecule has 0 saturated carbocycles. The summed E-state index contributed by atoms with van der Waals surface area (Å²) < 4.78 is 4.62. The molecule has 1 aromatic heterocycles. The third-order valence-corrected chi connectivity index (χ3v) is 1.37. The fourth-order valence-corrected chi connectivity index (χ4v) is 0.810. The van der Waals surface area contributed by atoms with E-state index in [1.807, 2.05) is 0 Å². The highest BCUT2D eigenvalue weighted by Crippen LogP contribution is 2.38. The van der Waals surface area contributed by atoms with Crippen molar-refractivity contribution in [3.63, 3.8) is 0 Å². The Kier molecular flexibility index (Phi) is 1.71. The molecule has 0 radical (unpaired) electrons. The zero-order valence-corrected chi connectivity index (χ0v) is 6.14. The molecule has 1 heterocycles. The molecule has 6 nitrogen and oxygen atoms in total. The van der Waals surface area contributed by atoms with Gasteiger partial charge in [0.25, 0.3) is 11.8 Å². The van der Waals surface area contributed by atoms with Crippen molar-refractivity contribution in [3.8, 4) is 23.6 Å². The van der Waals surface area contributed by atoms with Crippen molar-refractivity contribution < 1.29 is 20.2 Å². The highest BCUT2D eigenvalue weighted by Gasteiger charge is 2.22. The second-order valence-corrected chi connectivity index (χ2v) is 1.98. The van der Waals surface area contributed by atoms with Gasteiger partial charge < -0.3 is 20.2 Å². The predicted octanol–water partition coefficient (Wildman–Crippen LogP) is 0.0169. The van der Waals surface area contributed by atoms with Crippen LogP contribution in [0.15, 0.2) is 0 Å². The lowest BCUT2D eigenvalue weighted by Crippen LogP contribution is -1.87. The topological polar surface area (TPSA) is 98.6 Å². The van der Waals surface area contributed by atoms with Gasteiger partial charge >= 0.3 is 0 Å². The lowest BCUT2D eigenvalue weighted by atomic mass is 10.3. The van der Waals surface area contributed by atoms with E-state index in [0.29, 0.717) is 0 Å². The number of nitrogens with zero attached hydrogens (tertiary/aromatic N) is 2. The molecule has 12 heavy (non-hydrogen) atoms. The molecule has 1 aromatic rings. The van der Waals surface area contributed by atoms with Crippen molar-refractivity contribution >= 4 is 0 Å². The number of nitriles is 1. The maximum Gasteiger partial charge on any atom is 0.273 e. The first-order valence-corrected chi connectivity index (χ1v) is 2.93. The minimum atomic E-state index is -0.744. The fourth-order valence-electron chi connectivity index (χ4n) is 0.810. The van der Waals surface area contributed by atoms with Gasteiger partial charge in [-0.15, -0.1) is 4.73 Å². The van der Waals surface area contributed by atoms with Gasteiger partial charge in [0.15, 0.2) is 5.56 Å². The summed E-state index contributed by atoms with van der Waals surface area (Å²) in [5.41, 5.74) is -0.308. The molecule has 0 bridgehead atoms. The number of hydrogen-bond acceptors (Lipinski definition) is 5. The summed E-state index contributed by atoms with van der Waals surface area (Å²) in [6.07, 6.45) is 0. The fraction of sp³-hybridized carbons (Fsp3) is 0.167. The lowest BCUT2D eigenvalue weighted by Gasteiger charge is -1.95. The monoisotopic (exact) mass is 170 g/mol. The molecule has 0 aromatic carbocycles. The summed E-state index contributed by atoms with van der Waals surface area (Å²) in [6.45, 7) is 0. The van der Waals surface area contributed by atoms with Crippen LogP contribution < -0.4 is 4.74 Å². The van der Waals surface area contributed by atoms with Crippen molar-refractivity contribution in [1.29, 1.82) is 5.26 Å². The van der Waals surface area contributed by atoms with Crippen LogP contribution in [0.5, 0.6) is 17.5 Å². The van der Waals surface area contributed by atoms with E-state index in [-0.39, 0.29) is 16.0 Å². The van der Waals surface area contributed by atoms with Crippen molar-refractivity contribution in [1.82, 2.24) is 4.73 Å². The van der Waals surface area contributed by atoms with Gasteiger partial charge in [-0.2, -0.15) is 5.26 Å². The van der Waals surface area contributed by atoms with Crippen molar-refractivity contribution in [2.45, 2.75) is 0 Å². The molecular weight excluding hydrogens is 164 g/mol. The van der Waals surface area contributed by atoms with E-state index in [1.54, 1.807) is 6.07 Å². The molecule has 1 rings (SSSR count). The van der Waals surface area contributed by atoms with Gasteiger partial charge in [-0.3, -0.25) is 0 Å². The average molecular weight is 170 g/mol. The van der Waals surface area contributed by atoms with E-state index in [1.165, 1.54) is 7.11 Å². The molecular formula is C6H6N2O4. The van der Waals surface area contributed by atoms with Crippen molar-refractivity contribution in [3.05, 3.63) is 5.56 Å². The Balaban J connectivity index is 3.47. The summed E-state index contributed by atoms with van der Waals surface area (Å²) in [6, 6.07) is 1.56. The second-order valence-electron chi connectivity index (χ2n) is 1.98. The summed E-state index contributed by atoms with van der Waals surface area (Å²) in [4.78, 5) is 0. The molecule has 6 heteroatoms. The molecule has 0 fully saturated rings. The molecule has 0 aliphatic heterocycles. The van der Waals surface area contributed by atoms with Gasteiger partial charge in [-0.25, -0.2) is 0 Å². The predicted molar refractivity (Wildman–Crippen MR) is 36.2 cm³/mol. The maximum atomic E-state index is 9.01. The highest BCUT2D eigenvalue weighted by molar-refractivity contribution is 5.56. The second kappa shape index (κ2) is 2.54. The average Bonchev–Trinajstić information content (AvgIpc) is 2.29. The summed E-state index contributed by atoms with van der Waals surface area (Å²) in [5.74, 6) is -1.70. The first-order chi connectivity index (χ1) is 5.63. The molecule has 3 N–H and O–H groups in total. The molecule has 0 atom stereocenters. The Bertz CT molecular complexity index is 349. The minimum absolute atomic E-state index is 0.0669. The van der Waals surface area contributed by atoms with Crippen LogP contribution in [-0.4, -0.2) is 27.3 Å². The zero-order valence-electron chi connectivity index (χ0n) is 6.14. The number of rotatable bonds is 1. The normalized spacial score (nSPS) is 9.33. The van der Waals surface area contributed by atoms with Gasteiger partial charge in [-0.1, -0.05) is 0 Å². The van der Waals surface area contributed by atoms with Crippen LogP contribution in [0.4, 0.5) is 0 Å². The van der Waals surface area contributed by atoms with Gasteiger partial charge in [0.1, 0.15) is 6.07 Å². The molecule has 0 spiro atoms. The number of aromatic nitrogens is 1. The Hall–Kier alpha value is -2.03. The largest absolute Gasteiger partial charge is 0.491 e. The van der Waals surface area contributed by atoms with Crippen LogP contribution in [0.25, 0.3) is 0 Å². The smallest absolute Gasteiger partial charge is 0.273 e. The third-order valence-electron chi connectivity index (χ3n) is 1.37. The van der Waals surface area contributed by atoms with Gasteiger partial charge in [-0.05, 0) is 0 Å².